The van der Waals surface area contributed by atoms with E-state index >= 15 is 0 Å². The number of aliphatic hydroxyl groups is 1. The molecule has 0 atom stereocenters. The van der Waals surface area contributed by atoms with Gasteiger partial charge in [0.15, 0.2) is 0 Å². The minimum absolute atomic E-state index is 0.219. The standard InChI is InChI=1S/C15H28N2O2/c18-13-12-16-8-5-9-17(11-10-16)15(19)14-6-3-1-2-4-7-14/h14,18H,1-13H2. The van der Waals surface area contributed by atoms with E-state index in [1.165, 1.54) is 25.7 Å². The maximum absolute atomic E-state index is 12.6. The fourth-order valence-electron chi connectivity index (χ4n) is 3.34. The van der Waals surface area contributed by atoms with Crippen molar-refractivity contribution in [3.05, 3.63) is 0 Å². The molecule has 1 heterocycles. The highest BCUT2D eigenvalue weighted by atomic mass is 16.3. The van der Waals surface area contributed by atoms with Crippen molar-refractivity contribution < 1.29 is 9.90 Å². The average Bonchev–Trinajstić information content (AvgIpc) is 2.81. The monoisotopic (exact) mass is 268 g/mol. The van der Waals surface area contributed by atoms with Gasteiger partial charge in [-0.2, -0.15) is 0 Å². The van der Waals surface area contributed by atoms with Crippen LogP contribution >= 0.6 is 0 Å². The lowest BCUT2D eigenvalue weighted by Crippen LogP contribution is -2.39. The molecule has 1 saturated heterocycles. The Balaban J connectivity index is 1.84. The van der Waals surface area contributed by atoms with Crippen LogP contribution < -0.4 is 0 Å². The van der Waals surface area contributed by atoms with Crippen molar-refractivity contribution in [3.8, 4) is 0 Å². The molecule has 1 aliphatic carbocycles. The highest BCUT2D eigenvalue weighted by Crippen LogP contribution is 2.25. The maximum Gasteiger partial charge on any atom is 0.225 e. The van der Waals surface area contributed by atoms with Gasteiger partial charge >= 0.3 is 0 Å². The Morgan fingerprint density at radius 3 is 2.37 bits per heavy atom. The van der Waals surface area contributed by atoms with Crippen LogP contribution in [-0.4, -0.2) is 60.1 Å². The summed E-state index contributed by atoms with van der Waals surface area (Å²) in [7, 11) is 0. The second-order valence-electron chi connectivity index (χ2n) is 5.93. The first kappa shape index (κ1) is 14.8. The predicted molar refractivity (Wildman–Crippen MR) is 75.9 cm³/mol. The molecule has 1 amide bonds. The Bertz CT molecular complexity index is 275. The van der Waals surface area contributed by atoms with E-state index in [9.17, 15) is 4.79 Å². The Morgan fingerprint density at radius 1 is 0.947 bits per heavy atom. The van der Waals surface area contributed by atoms with Gasteiger partial charge < -0.3 is 10.0 Å². The molecule has 4 nitrogen and oxygen atoms in total. The minimum Gasteiger partial charge on any atom is -0.395 e. The predicted octanol–water partition coefficient (Wildman–Crippen LogP) is 1.48. The van der Waals surface area contributed by atoms with Crippen LogP contribution in [0.15, 0.2) is 0 Å². The van der Waals surface area contributed by atoms with Gasteiger partial charge in [-0.3, -0.25) is 9.69 Å². The number of aliphatic hydroxyl groups excluding tert-OH is 1. The fraction of sp³-hybridized carbons (Fsp3) is 0.933. The summed E-state index contributed by atoms with van der Waals surface area (Å²) in [5.41, 5.74) is 0. The number of nitrogens with zero attached hydrogens (tertiary/aromatic N) is 2. The first-order chi connectivity index (χ1) is 9.31. The quantitative estimate of drug-likeness (QED) is 0.789. The molecule has 0 bridgehead atoms. The van der Waals surface area contributed by atoms with Gasteiger partial charge in [-0.05, 0) is 25.8 Å². The van der Waals surface area contributed by atoms with Gasteiger partial charge in [0.2, 0.25) is 5.91 Å². The van der Waals surface area contributed by atoms with E-state index in [1.54, 1.807) is 0 Å². The van der Waals surface area contributed by atoms with Crippen molar-refractivity contribution in [2.24, 2.45) is 5.92 Å². The van der Waals surface area contributed by atoms with Crippen molar-refractivity contribution in [2.75, 3.05) is 39.3 Å². The Morgan fingerprint density at radius 2 is 1.68 bits per heavy atom. The lowest BCUT2D eigenvalue weighted by molar-refractivity contribution is -0.135. The molecule has 2 aliphatic rings. The summed E-state index contributed by atoms with van der Waals surface area (Å²) in [6.07, 6.45) is 8.27. The van der Waals surface area contributed by atoms with Gasteiger partial charge in [0.1, 0.15) is 0 Å². The molecule has 0 radical (unpaired) electrons. The van der Waals surface area contributed by atoms with E-state index in [0.717, 1.165) is 52.0 Å². The Labute approximate surface area is 116 Å². The van der Waals surface area contributed by atoms with Crippen LogP contribution in [0.5, 0.6) is 0 Å². The van der Waals surface area contributed by atoms with Gasteiger partial charge in [0.25, 0.3) is 0 Å². The van der Waals surface area contributed by atoms with E-state index in [2.05, 4.69) is 9.80 Å². The molecule has 1 saturated carbocycles. The van der Waals surface area contributed by atoms with E-state index in [-0.39, 0.29) is 12.5 Å². The number of carbonyl (C=O) groups excluding carboxylic acids is 1. The Hall–Kier alpha value is -0.610. The van der Waals surface area contributed by atoms with Crippen LogP contribution in [0.25, 0.3) is 0 Å². The van der Waals surface area contributed by atoms with E-state index in [1.807, 2.05) is 0 Å². The summed E-state index contributed by atoms with van der Waals surface area (Å²) in [4.78, 5) is 16.9. The molecule has 4 heteroatoms. The second-order valence-corrected chi connectivity index (χ2v) is 5.93. The zero-order valence-corrected chi connectivity index (χ0v) is 12.0. The fourth-order valence-corrected chi connectivity index (χ4v) is 3.34. The summed E-state index contributed by atoms with van der Waals surface area (Å²) in [6.45, 7) is 4.63. The van der Waals surface area contributed by atoms with E-state index in [0.29, 0.717) is 5.91 Å². The maximum atomic E-state index is 12.6. The topological polar surface area (TPSA) is 43.8 Å². The van der Waals surface area contributed by atoms with E-state index < -0.39 is 0 Å². The molecule has 0 aromatic carbocycles. The second kappa shape index (κ2) is 7.85. The molecule has 0 aromatic heterocycles. The molecule has 0 unspecified atom stereocenters. The minimum atomic E-state index is 0.219. The molecule has 19 heavy (non-hydrogen) atoms. The number of amides is 1. The van der Waals surface area contributed by atoms with Crippen LogP contribution in [0.1, 0.15) is 44.9 Å². The van der Waals surface area contributed by atoms with Crippen molar-refractivity contribution in [2.45, 2.75) is 44.9 Å². The van der Waals surface area contributed by atoms with Gasteiger partial charge in [-0.1, -0.05) is 25.7 Å². The van der Waals surface area contributed by atoms with Crippen molar-refractivity contribution in [3.63, 3.8) is 0 Å². The first-order valence-corrected chi connectivity index (χ1v) is 7.93. The molecular weight excluding hydrogens is 240 g/mol. The van der Waals surface area contributed by atoms with Crippen LogP contribution in [0, 0.1) is 5.92 Å². The van der Waals surface area contributed by atoms with Crippen LogP contribution in [-0.2, 0) is 4.79 Å². The molecular formula is C15H28N2O2. The van der Waals surface area contributed by atoms with Crippen LogP contribution in [0.4, 0.5) is 0 Å². The summed E-state index contributed by atoms with van der Waals surface area (Å²) in [5, 5.41) is 9.00. The zero-order chi connectivity index (χ0) is 13.5. The average molecular weight is 268 g/mol. The first-order valence-electron chi connectivity index (χ1n) is 7.93. The molecule has 0 aromatic rings. The number of hydrogen-bond acceptors (Lipinski definition) is 3. The van der Waals surface area contributed by atoms with Gasteiger partial charge in [-0.15, -0.1) is 0 Å². The Kier molecular flexibility index (Phi) is 6.11. The van der Waals surface area contributed by atoms with Gasteiger partial charge in [0.05, 0.1) is 6.61 Å². The molecule has 110 valence electrons. The third-order valence-electron chi connectivity index (χ3n) is 4.52. The lowest BCUT2D eigenvalue weighted by atomic mass is 9.98. The molecule has 1 N–H and O–H groups in total. The number of rotatable bonds is 3. The summed E-state index contributed by atoms with van der Waals surface area (Å²) in [5.74, 6) is 0.680. The SMILES string of the molecule is O=C(C1CCCCCC1)N1CCCN(CCO)CC1. The van der Waals surface area contributed by atoms with Gasteiger partial charge in [0, 0.05) is 32.1 Å². The van der Waals surface area contributed by atoms with Crippen molar-refractivity contribution in [1.29, 1.82) is 0 Å². The third-order valence-corrected chi connectivity index (χ3v) is 4.52. The number of β-amino-alcohol motifs (C(OH)–C–C–N with tert-alkyl or cyclic N) is 1. The van der Waals surface area contributed by atoms with Crippen molar-refractivity contribution >= 4 is 5.91 Å². The molecule has 0 spiro atoms. The highest BCUT2D eigenvalue weighted by molar-refractivity contribution is 5.78. The summed E-state index contributed by atoms with van der Waals surface area (Å²) >= 11 is 0. The summed E-state index contributed by atoms with van der Waals surface area (Å²) < 4.78 is 0. The molecule has 2 fully saturated rings. The summed E-state index contributed by atoms with van der Waals surface area (Å²) in [6, 6.07) is 0. The van der Waals surface area contributed by atoms with Crippen molar-refractivity contribution in [1.82, 2.24) is 9.80 Å². The number of carbonyl (C=O) groups is 1. The zero-order valence-electron chi connectivity index (χ0n) is 12.0. The smallest absolute Gasteiger partial charge is 0.225 e. The largest absolute Gasteiger partial charge is 0.395 e. The highest BCUT2D eigenvalue weighted by Gasteiger charge is 2.26. The molecule has 1 aliphatic heterocycles. The van der Waals surface area contributed by atoms with E-state index in [4.69, 9.17) is 5.11 Å². The lowest BCUT2D eigenvalue weighted by Gasteiger charge is -2.25. The van der Waals surface area contributed by atoms with Crippen LogP contribution in [0.2, 0.25) is 0 Å². The molecule has 2 rings (SSSR count). The third kappa shape index (κ3) is 4.46. The van der Waals surface area contributed by atoms with Gasteiger partial charge in [-0.25, -0.2) is 0 Å². The normalized spacial score (nSPS) is 23.9. The number of hydrogen-bond donors (Lipinski definition) is 1. The van der Waals surface area contributed by atoms with Crippen LogP contribution in [0.3, 0.4) is 0 Å².